The van der Waals surface area contributed by atoms with Gasteiger partial charge >= 0.3 is 20.1 Å². The number of pyridine rings is 3. The number of hydrogen-bond acceptors (Lipinski definition) is 3. The summed E-state index contributed by atoms with van der Waals surface area (Å²) in [5.74, 6) is 0. The molecule has 3 nitrogen and oxygen atoms in total. The first-order valence-electron chi connectivity index (χ1n) is 32.0. The van der Waals surface area contributed by atoms with Gasteiger partial charge in [-0.15, -0.1) is 106 Å². The standard InChI is InChI=1S/C54H36.3C12H10N.Ir.H3P/c1-7-19-37(20-8-1)43-31-49-50(32-44(43)38-21-9-2-10-22-38)52-34-46(40-25-13-4-14-26-40)48(42-29-17-6-18-30-42)36-54(52)53-35-47(41-27-15-5-16-28-41)45(33-51(49)53)39-23-11-3-12-24-39;3*1-10-6-2-3-7-11(10)12-8-4-5-9-13-12;;/h1-36H;3*2-6,8-9H,1H3;;1H3/q;3*-1;+3;/i;;;;;1T. The van der Waals surface area contributed by atoms with E-state index in [1.807, 2.05) is 91.0 Å². The van der Waals surface area contributed by atoms with Crippen molar-refractivity contribution >= 4 is 42.2 Å². The first-order chi connectivity index (χ1) is 46.9. The third-order valence-electron chi connectivity index (χ3n) is 16.8. The van der Waals surface area contributed by atoms with Crippen LogP contribution in [-0.4, -0.2) is 16.2 Å². The van der Waals surface area contributed by atoms with Crippen molar-refractivity contribution < 1.29 is 20.1 Å². The van der Waals surface area contributed by atoms with Crippen LogP contribution in [-0.2, 0) is 20.1 Å². The molecule has 16 aromatic rings. The predicted molar refractivity (Wildman–Crippen MR) is 402 cm³/mol. The Bertz CT molecular complexity index is 4380. The first-order valence-corrected chi connectivity index (χ1v) is 31.5. The van der Waals surface area contributed by atoms with Crippen molar-refractivity contribution in [2.24, 2.45) is 0 Å². The summed E-state index contributed by atoms with van der Waals surface area (Å²) in [6.45, 7) is 6.21. The summed E-state index contributed by atoms with van der Waals surface area (Å²) >= 11 is 0. The molecule has 0 saturated carbocycles. The Kier molecular flexibility index (Phi) is 21.4. The quantitative estimate of drug-likeness (QED) is 0.0821. The van der Waals surface area contributed by atoms with Crippen LogP contribution in [0.2, 0.25) is 0 Å². The number of rotatable bonds is 9. The second kappa shape index (κ2) is 31.7. The minimum Gasteiger partial charge on any atom is -0.305 e. The van der Waals surface area contributed by atoms with Gasteiger partial charge in [-0.25, -0.2) is 0 Å². The Morgan fingerprint density at radius 3 is 0.600 bits per heavy atom. The van der Waals surface area contributed by atoms with Crippen molar-refractivity contribution in [3.05, 3.63) is 381 Å². The molecule has 0 radical (unpaired) electrons. The Morgan fingerprint density at radius 2 is 0.432 bits per heavy atom. The molecule has 1 unspecified atom stereocenters. The van der Waals surface area contributed by atoms with Crippen molar-refractivity contribution in [2.45, 2.75) is 20.8 Å². The maximum atomic E-state index is 5.67. The fourth-order valence-electron chi connectivity index (χ4n) is 12.2. The third kappa shape index (κ3) is 15.2. The summed E-state index contributed by atoms with van der Waals surface area (Å²) in [5, 5.41) is 7.50. The van der Waals surface area contributed by atoms with Crippen LogP contribution >= 0.6 is 9.84 Å². The predicted octanol–water partition coefficient (Wildman–Crippen LogP) is 23.8. The molecule has 0 aliphatic carbocycles. The average Bonchev–Trinajstić information content (AvgIpc) is 0.716. The second-order valence-corrected chi connectivity index (χ2v) is 22.9. The summed E-state index contributed by atoms with van der Waals surface area (Å²) in [7, 11) is 1.67. The van der Waals surface area contributed by atoms with E-state index in [1.54, 1.807) is 28.4 Å². The van der Waals surface area contributed by atoms with Gasteiger partial charge in [-0.1, -0.05) is 239 Å². The molecule has 458 valence electrons. The van der Waals surface area contributed by atoms with Crippen molar-refractivity contribution in [2.75, 3.05) is 0 Å². The number of benzene rings is 13. The molecule has 16 rings (SSSR count). The van der Waals surface area contributed by atoms with Crippen molar-refractivity contribution in [3.8, 4) is 101 Å². The summed E-state index contributed by atoms with van der Waals surface area (Å²) in [5.41, 5.74) is 24.5. The number of aromatic nitrogens is 3. The van der Waals surface area contributed by atoms with Crippen LogP contribution in [0.3, 0.4) is 0 Å². The van der Waals surface area contributed by atoms with Gasteiger partial charge < -0.3 is 15.0 Å². The first kappa shape index (κ1) is 64.3. The molecule has 0 amide bonds. The largest absolute Gasteiger partial charge is 3.00 e. The number of aryl methyl sites for hydroxylation is 3. The van der Waals surface area contributed by atoms with Gasteiger partial charge in [0.15, 0.2) is 0 Å². The molecule has 0 spiro atoms. The zero-order chi connectivity index (χ0) is 65.1. The van der Waals surface area contributed by atoms with E-state index in [1.165, 1.54) is 116 Å². The van der Waals surface area contributed by atoms with E-state index in [0.29, 0.717) is 0 Å². The molecule has 0 fully saturated rings. The SMILES string of the molecule is Cc1ccc[c-]c1-c1ccccn1.Cc1ccc[c-]c1-c1ccccn1.Cc1ccc[c-]c1-c1ccccn1.[3H]P.[Ir+3].c1ccc(-c2cc3c4cc(-c5ccccc5)c(-c5ccccc5)cc4c4cc(-c5ccccc5)c(-c5ccccc5)cc4c3cc2-c2ccccc2)cc1. The molecule has 5 heteroatoms. The Balaban J connectivity index is 0.000000178. The smallest absolute Gasteiger partial charge is 0.305 e. The van der Waals surface area contributed by atoms with E-state index in [0.717, 1.165) is 33.8 Å². The van der Waals surface area contributed by atoms with Gasteiger partial charge in [-0.05, 0) is 171 Å². The number of fused-ring (bicyclic) bond motifs is 6. The van der Waals surface area contributed by atoms with Crippen LogP contribution in [0.15, 0.2) is 346 Å². The molecule has 95 heavy (non-hydrogen) atoms. The fourth-order valence-corrected chi connectivity index (χ4v) is 12.2. The maximum absolute atomic E-state index is 5.67. The molecule has 13 aromatic carbocycles. The Morgan fingerprint density at radius 1 is 0.242 bits per heavy atom. The van der Waals surface area contributed by atoms with E-state index in [9.17, 15) is 0 Å². The van der Waals surface area contributed by atoms with Crippen molar-refractivity contribution in [1.82, 2.24) is 15.0 Å². The second-order valence-electron chi connectivity index (χ2n) is 22.9. The zero-order valence-corrected chi connectivity index (χ0v) is 56.7. The van der Waals surface area contributed by atoms with E-state index in [2.05, 4.69) is 291 Å². The van der Waals surface area contributed by atoms with Crippen LogP contribution in [0.4, 0.5) is 0 Å². The molecule has 0 aliphatic heterocycles. The van der Waals surface area contributed by atoms with E-state index >= 15 is 0 Å². The summed E-state index contributed by atoms with van der Waals surface area (Å²) < 4.78 is 5.67. The van der Waals surface area contributed by atoms with E-state index in [-0.39, 0.29) is 20.1 Å². The van der Waals surface area contributed by atoms with Crippen molar-refractivity contribution in [1.29, 1.82) is 1.28 Å². The van der Waals surface area contributed by atoms with Gasteiger partial charge in [0.1, 0.15) is 0 Å². The van der Waals surface area contributed by atoms with Gasteiger partial charge in [0.2, 0.25) is 0 Å². The molecule has 0 N–H and O–H groups in total. The third-order valence-corrected chi connectivity index (χ3v) is 16.8. The van der Waals surface area contributed by atoms with Crippen LogP contribution in [0.25, 0.3) is 133 Å². The van der Waals surface area contributed by atoms with Crippen LogP contribution < -0.4 is 0 Å². The molecule has 3 aromatic heterocycles. The van der Waals surface area contributed by atoms with Gasteiger partial charge in [0, 0.05) is 18.6 Å². The van der Waals surface area contributed by atoms with E-state index < -0.39 is 0 Å². The molecule has 3 heterocycles. The molecular weight excluding hydrogens is 1350 g/mol. The average molecular weight is 1420 g/mol. The molecular formula is C90H69IrN3P. The Hall–Kier alpha value is -10.8. The van der Waals surface area contributed by atoms with Crippen molar-refractivity contribution in [3.63, 3.8) is 0 Å². The Labute approximate surface area is 576 Å². The molecule has 0 bridgehead atoms. The normalized spacial score (nSPS) is 10.6. The summed E-state index contributed by atoms with van der Waals surface area (Å²) in [6.07, 6.45) is 5.40. The molecule has 0 saturated heterocycles. The topological polar surface area (TPSA) is 38.7 Å². The van der Waals surface area contributed by atoms with Gasteiger partial charge in [-0.3, -0.25) is 0 Å². The van der Waals surface area contributed by atoms with Crippen LogP contribution in [0.1, 0.15) is 16.7 Å². The van der Waals surface area contributed by atoms with E-state index in [4.69, 9.17) is 1.28 Å². The number of nitrogens with zero attached hydrogens (tertiary/aromatic N) is 3. The summed E-state index contributed by atoms with van der Waals surface area (Å²) in [4.78, 5) is 12.8. The molecule has 1 atom stereocenters. The number of hydrogen-bond donors (Lipinski definition) is 0. The minimum absolute atomic E-state index is 0. The van der Waals surface area contributed by atoms with Gasteiger partial charge in [0.05, 0.1) is 1.28 Å². The minimum atomic E-state index is 0. The van der Waals surface area contributed by atoms with Gasteiger partial charge in [0.25, 0.3) is 0 Å². The maximum Gasteiger partial charge on any atom is 3.00 e. The van der Waals surface area contributed by atoms with Crippen LogP contribution in [0.5, 0.6) is 0 Å². The monoisotopic (exact) mass is 1420 g/mol. The molecule has 0 aliphatic rings. The fraction of sp³-hybridized carbons (Fsp3) is 0.0333. The van der Waals surface area contributed by atoms with Crippen LogP contribution in [0, 0.1) is 39.0 Å². The van der Waals surface area contributed by atoms with Gasteiger partial charge in [-0.2, -0.15) is 9.84 Å². The summed E-state index contributed by atoms with van der Waals surface area (Å²) in [6, 6.07) is 125. The zero-order valence-electron chi connectivity index (χ0n) is 54.2.